The van der Waals surface area contributed by atoms with Gasteiger partial charge < -0.3 is 11.1 Å². The molecule has 0 aliphatic rings. The molecule has 0 bridgehead atoms. The summed E-state index contributed by atoms with van der Waals surface area (Å²) in [6.45, 7) is 2.19. The third-order valence-electron chi connectivity index (χ3n) is 2.73. The summed E-state index contributed by atoms with van der Waals surface area (Å²) in [6.07, 6.45) is 3.35. The number of anilines is 1. The maximum atomic E-state index is 12.2. The summed E-state index contributed by atoms with van der Waals surface area (Å²) in [7, 11) is 0. The van der Waals surface area contributed by atoms with Crippen molar-refractivity contribution in [3.05, 3.63) is 59.4 Å². The van der Waals surface area contributed by atoms with Gasteiger partial charge in [0.05, 0.1) is 6.54 Å². The highest BCUT2D eigenvalue weighted by atomic mass is 16.1. The smallest absolute Gasteiger partial charge is 0.255 e. The Morgan fingerprint density at radius 2 is 2.25 bits per heavy atom. The highest BCUT2D eigenvalue weighted by Crippen LogP contribution is 2.14. The first kappa shape index (κ1) is 13.8. The molecule has 2 rings (SSSR count). The summed E-state index contributed by atoms with van der Waals surface area (Å²) >= 11 is 0. The fourth-order valence-corrected chi connectivity index (χ4v) is 1.70. The van der Waals surface area contributed by atoms with Gasteiger partial charge in [-0.3, -0.25) is 9.78 Å². The minimum absolute atomic E-state index is 0.171. The number of benzene rings is 1. The number of nitrogens with one attached hydrogen (secondary N) is 1. The minimum Gasteiger partial charge on any atom is -0.322 e. The lowest BCUT2D eigenvalue weighted by Crippen LogP contribution is -2.12. The van der Waals surface area contributed by atoms with E-state index in [4.69, 9.17) is 5.73 Å². The Hall–Kier alpha value is -2.64. The van der Waals surface area contributed by atoms with Crippen molar-refractivity contribution in [2.45, 2.75) is 6.92 Å². The first-order valence-corrected chi connectivity index (χ1v) is 6.21. The Kier molecular flexibility index (Phi) is 4.48. The van der Waals surface area contributed by atoms with Crippen LogP contribution < -0.4 is 11.1 Å². The van der Waals surface area contributed by atoms with Gasteiger partial charge in [0.15, 0.2) is 0 Å². The second-order valence-electron chi connectivity index (χ2n) is 4.23. The molecular formula is C16H15N3O. The van der Waals surface area contributed by atoms with Gasteiger partial charge in [-0.05, 0) is 36.8 Å². The van der Waals surface area contributed by atoms with E-state index in [9.17, 15) is 4.79 Å². The summed E-state index contributed by atoms with van der Waals surface area (Å²) in [5.41, 5.74) is 8.34. The Labute approximate surface area is 118 Å². The van der Waals surface area contributed by atoms with Gasteiger partial charge in [-0.15, -0.1) is 0 Å². The van der Waals surface area contributed by atoms with Crippen LogP contribution in [0.3, 0.4) is 0 Å². The third kappa shape index (κ3) is 3.44. The second-order valence-corrected chi connectivity index (χ2v) is 4.23. The average molecular weight is 265 g/mol. The molecule has 4 nitrogen and oxygen atoms in total. The number of rotatable bonds is 2. The topological polar surface area (TPSA) is 68.0 Å². The van der Waals surface area contributed by atoms with Crippen molar-refractivity contribution in [1.29, 1.82) is 0 Å². The number of aromatic nitrogens is 1. The molecule has 0 atom stereocenters. The van der Waals surface area contributed by atoms with Gasteiger partial charge >= 0.3 is 0 Å². The minimum atomic E-state index is -0.171. The first-order valence-electron chi connectivity index (χ1n) is 6.21. The maximum absolute atomic E-state index is 12.2. The van der Waals surface area contributed by atoms with Crippen molar-refractivity contribution in [1.82, 2.24) is 4.98 Å². The molecule has 1 aromatic carbocycles. The predicted octanol–water partition coefficient (Wildman–Crippen LogP) is 1.95. The number of hydrogen-bond donors (Lipinski definition) is 2. The summed E-state index contributed by atoms with van der Waals surface area (Å²) in [5, 5.41) is 2.86. The van der Waals surface area contributed by atoms with E-state index < -0.39 is 0 Å². The number of hydrogen-bond acceptors (Lipinski definition) is 3. The van der Waals surface area contributed by atoms with Gasteiger partial charge in [0.25, 0.3) is 5.91 Å². The molecule has 3 N–H and O–H groups in total. The zero-order chi connectivity index (χ0) is 14.4. The predicted molar refractivity (Wildman–Crippen MR) is 79.3 cm³/mol. The van der Waals surface area contributed by atoms with Gasteiger partial charge in [0.2, 0.25) is 0 Å². The zero-order valence-electron chi connectivity index (χ0n) is 11.2. The van der Waals surface area contributed by atoms with E-state index in [1.165, 1.54) is 0 Å². The molecular weight excluding hydrogens is 250 g/mol. The van der Waals surface area contributed by atoms with Gasteiger partial charge in [-0.1, -0.05) is 17.9 Å². The molecule has 0 saturated heterocycles. The van der Waals surface area contributed by atoms with Crippen LogP contribution in [-0.4, -0.2) is 17.4 Å². The monoisotopic (exact) mass is 265 g/mol. The van der Waals surface area contributed by atoms with Crippen LogP contribution in [0.1, 0.15) is 21.5 Å². The van der Waals surface area contributed by atoms with Crippen LogP contribution in [-0.2, 0) is 0 Å². The first-order chi connectivity index (χ1) is 9.70. The van der Waals surface area contributed by atoms with Crippen LogP contribution >= 0.6 is 0 Å². The number of nitrogens with zero attached hydrogens (tertiary/aromatic N) is 1. The van der Waals surface area contributed by atoms with Gasteiger partial charge in [0.1, 0.15) is 0 Å². The van der Waals surface area contributed by atoms with Crippen molar-refractivity contribution in [2.75, 3.05) is 11.9 Å². The lowest BCUT2D eigenvalue weighted by atomic mass is 10.1. The SMILES string of the molecule is Cc1cnccc1NC(=O)c1cccc(C#CCN)c1. The zero-order valence-corrected chi connectivity index (χ0v) is 11.2. The number of carbonyl (C=O) groups excluding carboxylic acids is 1. The lowest BCUT2D eigenvalue weighted by molar-refractivity contribution is 0.102. The molecule has 20 heavy (non-hydrogen) atoms. The van der Waals surface area contributed by atoms with Crippen molar-refractivity contribution in [3.63, 3.8) is 0 Å². The van der Waals surface area contributed by atoms with Gasteiger partial charge in [0, 0.05) is 29.2 Å². The van der Waals surface area contributed by atoms with Crippen LogP contribution in [0.4, 0.5) is 5.69 Å². The Morgan fingerprint density at radius 1 is 1.40 bits per heavy atom. The summed E-state index contributed by atoms with van der Waals surface area (Å²) < 4.78 is 0. The largest absolute Gasteiger partial charge is 0.322 e. The molecule has 0 spiro atoms. The van der Waals surface area contributed by atoms with E-state index in [0.717, 1.165) is 16.8 Å². The van der Waals surface area contributed by atoms with E-state index in [2.05, 4.69) is 22.1 Å². The van der Waals surface area contributed by atoms with Crippen LogP contribution in [0.2, 0.25) is 0 Å². The van der Waals surface area contributed by atoms with Crippen LogP contribution in [0, 0.1) is 18.8 Å². The van der Waals surface area contributed by atoms with Crippen molar-refractivity contribution in [3.8, 4) is 11.8 Å². The van der Waals surface area contributed by atoms with E-state index in [-0.39, 0.29) is 5.91 Å². The lowest BCUT2D eigenvalue weighted by Gasteiger charge is -2.07. The molecule has 1 amide bonds. The summed E-state index contributed by atoms with van der Waals surface area (Å²) in [5.74, 6) is 5.51. The van der Waals surface area contributed by atoms with Crippen molar-refractivity contribution < 1.29 is 4.79 Å². The fraction of sp³-hybridized carbons (Fsp3) is 0.125. The summed E-state index contributed by atoms with van der Waals surface area (Å²) in [6, 6.07) is 8.91. The van der Waals surface area contributed by atoms with Crippen molar-refractivity contribution >= 4 is 11.6 Å². The van der Waals surface area contributed by atoms with Crippen LogP contribution in [0.5, 0.6) is 0 Å². The molecule has 0 aliphatic heterocycles. The molecule has 1 heterocycles. The molecule has 0 radical (unpaired) electrons. The molecule has 4 heteroatoms. The quantitative estimate of drug-likeness (QED) is 0.815. The molecule has 0 saturated carbocycles. The fourth-order valence-electron chi connectivity index (χ4n) is 1.70. The van der Waals surface area contributed by atoms with E-state index in [1.54, 1.807) is 36.7 Å². The third-order valence-corrected chi connectivity index (χ3v) is 2.73. The molecule has 0 unspecified atom stereocenters. The molecule has 2 aromatic rings. The van der Waals surface area contributed by atoms with Crippen LogP contribution in [0.15, 0.2) is 42.7 Å². The number of carbonyl (C=O) groups is 1. The average Bonchev–Trinajstić information content (AvgIpc) is 2.48. The Morgan fingerprint density at radius 3 is 3.00 bits per heavy atom. The summed E-state index contributed by atoms with van der Waals surface area (Å²) in [4.78, 5) is 16.2. The molecule has 100 valence electrons. The van der Waals surface area contributed by atoms with Crippen LogP contribution in [0.25, 0.3) is 0 Å². The molecule has 0 fully saturated rings. The van der Waals surface area contributed by atoms with E-state index >= 15 is 0 Å². The second kappa shape index (κ2) is 6.50. The van der Waals surface area contributed by atoms with Crippen molar-refractivity contribution in [2.24, 2.45) is 5.73 Å². The maximum Gasteiger partial charge on any atom is 0.255 e. The van der Waals surface area contributed by atoms with E-state index in [0.29, 0.717) is 12.1 Å². The number of amides is 1. The van der Waals surface area contributed by atoms with Gasteiger partial charge in [-0.25, -0.2) is 0 Å². The normalized spacial score (nSPS) is 9.50. The number of nitrogens with two attached hydrogens (primary N) is 1. The molecule has 0 aliphatic carbocycles. The Balaban J connectivity index is 2.19. The Bertz CT molecular complexity index is 683. The standard InChI is InChI=1S/C16H15N3O/c1-12-11-18-9-7-15(12)19-16(20)14-6-2-4-13(10-14)5-3-8-17/h2,4,6-7,9-11H,8,17H2,1H3,(H,18,19,20). The highest BCUT2D eigenvalue weighted by molar-refractivity contribution is 6.04. The van der Waals surface area contributed by atoms with Gasteiger partial charge in [-0.2, -0.15) is 0 Å². The molecule has 1 aromatic heterocycles. The number of aryl methyl sites for hydroxylation is 1. The number of pyridine rings is 1. The highest BCUT2D eigenvalue weighted by Gasteiger charge is 2.07. The van der Waals surface area contributed by atoms with E-state index in [1.807, 2.05) is 13.0 Å².